The summed E-state index contributed by atoms with van der Waals surface area (Å²) in [5, 5.41) is 16.9. The summed E-state index contributed by atoms with van der Waals surface area (Å²) in [6.45, 7) is 12.2. The molecular weight excluding hydrogens is 426 g/mol. The Balaban J connectivity index is 0.00000109. The number of allylic oxidation sites excluding steroid dienone is 4. The van der Waals surface area contributed by atoms with E-state index in [0.29, 0.717) is 17.9 Å². The molecule has 0 bridgehead atoms. The molecule has 3 N–H and O–H groups in total. The van der Waals surface area contributed by atoms with Crippen LogP contribution >= 0.6 is 0 Å². The Labute approximate surface area is 194 Å². The zero-order valence-corrected chi connectivity index (χ0v) is 19.6. The molecule has 33 heavy (non-hydrogen) atoms. The average Bonchev–Trinajstić information content (AvgIpc) is 2.80. The van der Waals surface area contributed by atoms with Crippen molar-refractivity contribution in [2.75, 3.05) is 20.3 Å². The number of esters is 1. The number of benzene rings is 1. The van der Waals surface area contributed by atoms with Gasteiger partial charge in [0.2, 0.25) is 0 Å². The molecule has 0 saturated carbocycles. The van der Waals surface area contributed by atoms with Gasteiger partial charge in [0.15, 0.2) is 5.70 Å². The lowest BCUT2D eigenvalue weighted by atomic mass is 10.1. The van der Waals surface area contributed by atoms with Gasteiger partial charge in [0.25, 0.3) is 5.91 Å². The molecule has 0 fully saturated rings. The first-order chi connectivity index (χ1) is 15.7. The third-order valence-electron chi connectivity index (χ3n) is 4.02. The number of hydrogen-bond acceptors (Lipinski definition) is 8. The molecular formula is C24H33N3O6. The molecule has 1 amide bonds. The van der Waals surface area contributed by atoms with Crippen molar-refractivity contribution in [3.63, 3.8) is 0 Å². The number of para-hydroxylation sites is 1. The zero-order chi connectivity index (χ0) is 25.2. The maximum Gasteiger partial charge on any atom is 0.308 e. The van der Waals surface area contributed by atoms with Crippen LogP contribution in [0.1, 0.15) is 27.2 Å². The lowest BCUT2D eigenvalue weighted by Crippen LogP contribution is -2.17. The molecule has 0 radical (unpaired) electrons. The first kappa shape index (κ1) is 29.1. The van der Waals surface area contributed by atoms with E-state index in [-0.39, 0.29) is 36.6 Å². The number of nitrogens with two attached hydrogens (primary N) is 1. The highest BCUT2D eigenvalue weighted by Gasteiger charge is 2.12. The minimum atomic E-state index is -0.890. The highest BCUT2D eigenvalue weighted by molar-refractivity contribution is 5.91. The van der Waals surface area contributed by atoms with Crippen LogP contribution in [0.25, 0.3) is 0 Å². The lowest BCUT2D eigenvalue weighted by Gasteiger charge is -2.11. The highest BCUT2D eigenvalue weighted by atomic mass is 16.6. The second-order valence-electron chi connectivity index (χ2n) is 6.50. The summed E-state index contributed by atoms with van der Waals surface area (Å²) in [6, 6.07) is 6.73. The first-order valence-corrected chi connectivity index (χ1v) is 10.2. The van der Waals surface area contributed by atoms with Crippen molar-refractivity contribution >= 4 is 17.6 Å². The number of aliphatic hydroxyl groups excluding tert-OH is 1. The largest absolute Gasteiger partial charge is 0.510 e. The van der Waals surface area contributed by atoms with Gasteiger partial charge >= 0.3 is 5.97 Å². The topological polar surface area (TPSA) is 133 Å². The molecule has 0 saturated heterocycles. The van der Waals surface area contributed by atoms with Gasteiger partial charge in [0.05, 0.1) is 13.0 Å². The summed E-state index contributed by atoms with van der Waals surface area (Å²) in [5.74, 6) is -0.508. The summed E-state index contributed by atoms with van der Waals surface area (Å²) < 4.78 is 15.4. The third-order valence-corrected chi connectivity index (χ3v) is 4.02. The number of amides is 1. The summed E-state index contributed by atoms with van der Waals surface area (Å²) in [7, 11) is 1.59. The molecule has 9 nitrogen and oxygen atoms in total. The van der Waals surface area contributed by atoms with Crippen LogP contribution in [-0.4, -0.2) is 37.3 Å². The van der Waals surface area contributed by atoms with E-state index in [9.17, 15) is 14.7 Å². The normalized spacial score (nSPS) is 12.5. The molecule has 1 aromatic rings. The van der Waals surface area contributed by atoms with Crippen molar-refractivity contribution in [3.05, 3.63) is 72.9 Å². The molecule has 180 valence electrons. The minimum Gasteiger partial charge on any atom is -0.510 e. The summed E-state index contributed by atoms with van der Waals surface area (Å²) in [6.07, 6.45) is 5.73. The fourth-order valence-electron chi connectivity index (χ4n) is 2.00. The van der Waals surface area contributed by atoms with Crippen molar-refractivity contribution in [3.8, 4) is 5.75 Å². The summed E-state index contributed by atoms with van der Waals surface area (Å²) >= 11 is 0. The van der Waals surface area contributed by atoms with Crippen LogP contribution in [0.2, 0.25) is 0 Å². The lowest BCUT2D eigenvalue weighted by molar-refractivity contribution is -0.148. The van der Waals surface area contributed by atoms with Gasteiger partial charge < -0.3 is 25.1 Å². The second kappa shape index (κ2) is 16.8. The van der Waals surface area contributed by atoms with Crippen molar-refractivity contribution in [1.29, 1.82) is 0 Å². The minimum absolute atomic E-state index is 0.108. The highest BCUT2D eigenvalue weighted by Crippen LogP contribution is 2.27. The number of ether oxygens (including phenoxy) is 3. The maximum atomic E-state index is 11.6. The number of carbonyl (C=O) groups is 2. The molecule has 1 aromatic carbocycles. The number of aliphatic hydroxyl groups is 1. The number of carbonyl (C=O) groups excluding carboxylic acids is 2. The van der Waals surface area contributed by atoms with Crippen LogP contribution in [0.3, 0.4) is 0 Å². The second-order valence-corrected chi connectivity index (χ2v) is 6.50. The fraction of sp³-hybridized carbons (Fsp3) is 0.333. The first-order valence-electron chi connectivity index (χ1n) is 10.2. The van der Waals surface area contributed by atoms with Crippen LogP contribution in [0.5, 0.6) is 5.75 Å². The summed E-state index contributed by atoms with van der Waals surface area (Å²) in [4.78, 5) is 22.7. The SMILES string of the molecule is C=C/C=C(\C=C)OC.CC[C@H](C)C(=O)OCCOc1ccccc1N=NC(C(N)=O)=C(C)O. The van der Waals surface area contributed by atoms with Gasteiger partial charge in [-0.1, -0.05) is 45.2 Å². The monoisotopic (exact) mass is 459 g/mol. The van der Waals surface area contributed by atoms with Crippen LogP contribution in [-0.2, 0) is 19.1 Å². The molecule has 0 aliphatic carbocycles. The van der Waals surface area contributed by atoms with Gasteiger partial charge in [-0.05, 0) is 37.6 Å². The van der Waals surface area contributed by atoms with Gasteiger partial charge in [-0.2, -0.15) is 0 Å². The van der Waals surface area contributed by atoms with Crippen LogP contribution < -0.4 is 10.5 Å². The third kappa shape index (κ3) is 11.9. The predicted molar refractivity (Wildman–Crippen MR) is 127 cm³/mol. The number of primary amides is 1. The molecule has 0 unspecified atom stereocenters. The van der Waals surface area contributed by atoms with Crippen LogP contribution in [0.15, 0.2) is 83.1 Å². The Morgan fingerprint density at radius 1 is 1.24 bits per heavy atom. The standard InChI is InChI=1S/C17H23N3O5.C7H10O/c1-4-11(2)17(23)25-10-9-24-14-8-6-5-7-13(14)19-20-15(12(3)21)16(18)22;1-4-6-7(5-2)8-3/h5-8,11,21H,4,9-10H2,1-3H3,(H2,18,22);4-6H,1-2H2,3H3/b;7-6+/t11-;/m0./s1. The van der Waals surface area contributed by atoms with E-state index >= 15 is 0 Å². The molecule has 0 aliphatic heterocycles. The zero-order valence-electron chi connectivity index (χ0n) is 19.6. The van der Waals surface area contributed by atoms with E-state index in [1.165, 1.54) is 6.92 Å². The van der Waals surface area contributed by atoms with E-state index in [2.05, 4.69) is 23.4 Å². The van der Waals surface area contributed by atoms with E-state index < -0.39 is 5.91 Å². The number of methoxy groups -OCH3 is 1. The van der Waals surface area contributed by atoms with Crippen molar-refractivity contribution in [2.45, 2.75) is 27.2 Å². The molecule has 0 aromatic heterocycles. The Kier molecular flexibility index (Phi) is 14.8. The Morgan fingerprint density at radius 2 is 1.91 bits per heavy atom. The quantitative estimate of drug-likeness (QED) is 0.114. The van der Waals surface area contributed by atoms with Gasteiger partial charge in [-0.25, -0.2) is 0 Å². The molecule has 9 heteroatoms. The van der Waals surface area contributed by atoms with Gasteiger partial charge in [0.1, 0.15) is 36.2 Å². The van der Waals surface area contributed by atoms with Crippen molar-refractivity contribution in [2.24, 2.45) is 21.9 Å². The van der Waals surface area contributed by atoms with Gasteiger partial charge in [-0.15, -0.1) is 10.2 Å². The predicted octanol–water partition coefficient (Wildman–Crippen LogP) is 4.90. The van der Waals surface area contributed by atoms with Gasteiger partial charge in [-0.3, -0.25) is 9.59 Å². The van der Waals surface area contributed by atoms with E-state index in [1.54, 1.807) is 56.5 Å². The Hall–Kier alpha value is -3.88. The molecule has 0 spiro atoms. The fourth-order valence-corrected chi connectivity index (χ4v) is 2.00. The molecule has 0 aliphatic rings. The van der Waals surface area contributed by atoms with E-state index in [0.717, 1.165) is 5.76 Å². The average molecular weight is 460 g/mol. The van der Waals surface area contributed by atoms with Gasteiger partial charge in [0, 0.05) is 0 Å². The molecule has 1 atom stereocenters. The number of rotatable bonds is 12. The smallest absolute Gasteiger partial charge is 0.308 e. The molecule has 1 rings (SSSR count). The number of nitrogens with zero attached hydrogens (tertiary/aromatic N) is 2. The Bertz CT molecular complexity index is 886. The summed E-state index contributed by atoms with van der Waals surface area (Å²) in [5.41, 5.74) is 5.12. The molecule has 0 heterocycles. The van der Waals surface area contributed by atoms with Crippen LogP contribution in [0, 0.1) is 5.92 Å². The van der Waals surface area contributed by atoms with Crippen LogP contribution in [0.4, 0.5) is 5.69 Å². The Morgan fingerprint density at radius 3 is 2.39 bits per heavy atom. The maximum absolute atomic E-state index is 11.6. The van der Waals surface area contributed by atoms with E-state index in [4.69, 9.17) is 19.9 Å². The van der Waals surface area contributed by atoms with Crippen molar-refractivity contribution < 1.29 is 28.9 Å². The number of hydrogen-bond donors (Lipinski definition) is 2. The van der Waals surface area contributed by atoms with E-state index in [1.807, 2.05) is 6.92 Å². The number of azo groups is 1. The van der Waals surface area contributed by atoms with Crippen molar-refractivity contribution in [1.82, 2.24) is 0 Å².